The molecule has 1 aromatic rings. The van der Waals surface area contributed by atoms with Gasteiger partial charge in [-0.2, -0.15) is 11.8 Å². The second-order valence-corrected chi connectivity index (χ2v) is 6.21. The molecule has 0 aliphatic carbocycles. The van der Waals surface area contributed by atoms with Crippen LogP contribution in [0.4, 0.5) is 15.8 Å². The van der Waals surface area contributed by atoms with Gasteiger partial charge in [-0.15, -0.1) is 0 Å². The minimum absolute atomic E-state index is 0.210. The van der Waals surface area contributed by atoms with E-state index in [0.29, 0.717) is 15.3 Å². The molecule has 1 rings (SSSR count). The Bertz CT molecular complexity index is 387. The lowest BCUT2D eigenvalue weighted by Gasteiger charge is -2.28. The molecule has 0 saturated carbocycles. The maximum atomic E-state index is 13.5. The number of halogens is 2. The normalized spacial score (nSPS) is 12.5. The molecule has 0 aliphatic heterocycles. The molecule has 0 radical (unpaired) electrons. The van der Waals surface area contributed by atoms with Crippen molar-refractivity contribution < 1.29 is 4.39 Å². The van der Waals surface area contributed by atoms with Crippen molar-refractivity contribution in [2.75, 3.05) is 29.7 Å². The van der Waals surface area contributed by atoms with Crippen molar-refractivity contribution in [2.45, 2.75) is 19.4 Å². The molecule has 5 heteroatoms. The number of hydrogen-bond acceptors (Lipinski definition) is 3. The van der Waals surface area contributed by atoms with Gasteiger partial charge in [-0.1, -0.05) is 0 Å². The molecular weight excluding hydrogens is 350 g/mol. The Morgan fingerprint density at radius 1 is 1.53 bits per heavy atom. The number of nitrogens with two attached hydrogens (primary N) is 1. The molecule has 2 nitrogen and oxygen atoms in total. The van der Waals surface area contributed by atoms with Crippen LogP contribution >= 0.6 is 34.4 Å². The van der Waals surface area contributed by atoms with E-state index in [0.717, 1.165) is 17.9 Å². The summed E-state index contributed by atoms with van der Waals surface area (Å²) in [5.74, 6) is 0.886. The summed E-state index contributed by atoms with van der Waals surface area (Å²) in [6, 6.07) is 3.56. The fraction of sp³-hybridized carbons (Fsp3) is 0.500. The van der Waals surface area contributed by atoms with E-state index in [9.17, 15) is 4.39 Å². The average molecular weight is 368 g/mol. The minimum atomic E-state index is -0.210. The van der Waals surface area contributed by atoms with Gasteiger partial charge in [0, 0.05) is 19.2 Å². The topological polar surface area (TPSA) is 29.3 Å². The summed E-state index contributed by atoms with van der Waals surface area (Å²) in [5.41, 5.74) is 7.35. The summed E-state index contributed by atoms with van der Waals surface area (Å²) in [6.07, 6.45) is 3.15. The lowest BCUT2D eigenvalue weighted by atomic mass is 10.2. The summed E-state index contributed by atoms with van der Waals surface area (Å²) < 4.78 is 14.1. The minimum Gasteiger partial charge on any atom is -0.397 e. The first-order valence-corrected chi connectivity index (χ1v) is 7.91. The van der Waals surface area contributed by atoms with Gasteiger partial charge in [0.1, 0.15) is 5.82 Å². The van der Waals surface area contributed by atoms with Crippen LogP contribution in [0.3, 0.4) is 0 Å². The zero-order chi connectivity index (χ0) is 13.0. The van der Waals surface area contributed by atoms with Crippen molar-refractivity contribution >= 4 is 45.7 Å². The third-order valence-electron chi connectivity index (χ3n) is 2.85. The number of thioether (sulfide) groups is 1. The van der Waals surface area contributed by atoms with E-state index in [4.69, 9.17) is 5.73 Å². The third kappa shape index (κ3) is 3.91. The van der Waals surface area contributed by atoms with Crippen LogP contribution in [0, 0.1) is 9.39 Å². The van der Waals surface area contributed by atoms with Crippen LogP contribution in [0.15, 0.2) is 12.1 Å². The van der Waals surface area contributed by atoms with Crippen molar-refractivity contribution in [3.63, 3.8) is 0 Å². The van der Waals surface area contributed by atoms with Gasteiger partial charge in [-0.3, -0.25) is 0 Å². The predicted octanol–water partition coefficient (Wildman–Crippen LogP) is 3.59. The number of rotatable bonds is 5. The quantitative estimate of drug-likeness (QED) is 0.636. The molecule has 0 bridgehead atoms. The molecule has 0 saturated heterocycles. The van der Waals surface area contributed by atoms with Crippen LogP contribution in [-0.2, 0) is 0 Å². The van der Waals surface area contributed by atoms with Crippen LogP contribution in [0.2, 0.25) is 0 Å². The molecule has 2 N–H and O–H groups in total. The Hall–Kier alpha value is -0.170. The van der Waals surface area contributed by atoms with Crippen molar-refractivity contribution in [1.29, 1.82) is 0 Å². The van der Waals surface area contributed by atoms with E-state index in [2.05, 4.69) is 13.2 Å². The highest BCUT2D eigenvalue weighted by Gasteiger charge is 2.14. The van der Waals surface area contributed by atoms with Crippen LogP contribution in [0.1, 0.15) is 13.3 Å². The van der Waals surface area contributed by atoms with E-state index in [1.54, 1.807) is 6.07 Å². The molecule has 0 heterocycles. The van der Waals surface area contributed by atoms with Gasteiger partial charge in [0.05, 0.1) is 14.9 Å². The van der Waals surface area contributed by atoms with Gasteiger partial charge in [-0.05, 0) is 54.0 Å². The molecule has 1 unspecified atom stereocenters. The van der Waals surface area contributed by atoms with E-state index in [1.807, 2.05) is 46.3 Å². The van der Waals surface area contributed by atoms with Crippen LogP contribution in [0.25, 0.3) is 0 Å². The highest BCUT2D eigenvalue weighted by molar-refractivity contribution is 14.1. The maximum Gasteiger partial charge on any atom is 0.138 e. The maximum absolute atomic E-state index is 13.5. The Morgan fingerprint density at radius 2 is 2.18 bits per heavy atom. The fourth-order valence-corrected chi connectivity index (χ4v) is 2.64. The van der Waals surface area contributed by atoms with Crippen molar-refractivity contribution in [1.82, 2.24) is 0 Å². The van der Waals surface area contributed by atoms with E-state index in [1.165, 1.54) is 6.07 Å². The van der Waals surface area contributed by atoms with Crippen molar-refractivity contribution in [2.24, 2.45) is 0 Å². The van der Waals surface area contributed by atoms with E-state index in [-0.39, 0.29) is 5.82 Å². The largest absolute Gasteiger partial charge is 0.397 e. The van der Waals surface area contributed by atoms with E-state index < -0.39 is 0 Å². The van der Waals surface area contributed by atoms with Crippen molar-refractivity contribution in [3.8, 4) is 0 Å². The van der Waals surface area contributed by atoms with Crippen LogP contribution in [0.5, 0.6) is 0 Å². The Labute approximate surface area is 120 Å². The fourth-order valence-electron chi connectivity index (χ4n) is 1.58. The molecule has 0 fully saturated rings. The number of anilines is 2. The number of nitrogen functional groups attached to an aromatic ring is 1. The van der Waals surface area contributed by atoms with Gasteiger partial charge in [-0.25, -0.2) is 4.39 Å². The number of hydrogen-bond donors (Lipinski definition) is 1. The summed E-state index contributed by atoms with van der Waals surface area (Å²) in [6.45, 7) is 2.13. The van der Waals surface area contributed by atoms with Gasteiger partial charge in [0.25, 0.3) is 0 Å². The lowest BCUT2D eigenvalue weighted by Crippen LogP contribution is -2.30. The Kier molecular flexibility index (Phi) is 5.85. The van der Waals surface area contributed by atoms with E-state index >= 15 is 0 Å². The molecule has 0 aliphatic rings. The van der Waals surface area contributed by atoms with Gasteiger partial charge >= 0.3 is 0 Å². The second-order valence-electron chi connectivity index (χ2n) is 4.07. The smallest absolute Gasteiger partial charge is 0.138 e. The molecule has 96 valence electrons. The van der Waals surface area contributed by atoms with Gasteiger partial charge in [0.15, 0.2) is 0 Å². The highest BCUT2D eigenvalue weighted by atomic mass is 127. The monoisotopic (exact) mass is 368 g/mol. The lowest BCUT2D eigenvalue weighted by molar-refractivity contribution is 0.616. The molecular formula is C12H18FIN2S. The predicted molar refractivity (Wildman–Crippen MR) is 84.4 cm³/mol. The molecule has 0 aromatic heterocycles. The first-order valence-electron chi connectivity index (χ1n) is 5.43. The summed E-state index contributed by atoms with van der Waals surface area (Å²) in [7, 11) is 1.96. The molecule has 1 aromatic carbocycles. The SMILES string of the molecule is CSCCC(C)N(C)c1cc(F)c(I)cc1N. The first kappa shape index (κ1) is 14.9. The third-order valence-corrected chi connectivity index (χ3v) is 4.32. The average Bonchev–Trinajstić information content (AvgIpc) is 2.29. The number of nitrogens with zero attached hydrogens (tertiary/aromatic N) is 1. The molecule has 17 heavy (non-hydrogen) atoms. The summed E-state index contributed by atoms with van der Waals surface area (Å²) in [4.78, 5) is 2.05. The summed E-state index contributed by atoms with van der Waals surface area (Å²) >= 11 is 3.77. The first-order chi connectivity index (χ1) is 7.97. The Morgan fingerprint density at radius 3 is 2.76 bits per heavy atom. The Balaban J connectivity index is 2.88. The zero-order valence-electron chi connectivity index (χ0n) is 10.3. The molecule has 0 amide bonds. The highest BCUT2D eigenvalue weighted by Crippen LogP contribution is 2.28. The van der Waals surface area contributed by atoms with Gasteiger partial charge < -0.3 is 10.6 Å². The number of benzene rings is 1. The van der Waals surface area contributed by atoms with Gasteiger partial charge in [0.2, 0.25) is 0 Å². The van der Waals surface area contributed by atoms with Crippen molar-refractivity contribution in [3.05, 3.63) is 21.5 Å². The second kappa shape index (κ2) is 6.68. The van der Waals surface area contributed by atoms with Crippen LogP contribution < -0.4 is 10.6 Å². The summed E-state index contributed by atoms with van der Waals surface area (Å²) in [5, 5.41) is 0. The zero-order valence-corrected chi connectivity index (χ0v) is 13.3. The van der Waals surface area contributed by atoms with Crippen LogP contribution in [-0.4, -0.2) is 25.1 Å². The standard InChI is InChI=1S/C12H18FIN2S/c1-8(4-5-17-3)16(2)12-6-9(13)10(14)7-11(12)15/h6-8H,4-5,15H2,1-3H3. The molecule has 1 atom stereocenters. The molecule has 0 spiro atoms.